The second kappa shape index (κ2) is 12.4. The third kappa shape index (κ3) is 7.61. The molecule has 0 heterocycles. The fourth-order valence-corrected chi connectivity index (χ4v) is 3.08. The van der Waals surface area contributed by atoms with Gasteiger partial charge in [0.05, 0.1) is 21.3 Å². The van der Waals surface area contributed by atoms with Gasteiger partial charge in [-0.3, -0.25) is 0 Å². The van der Waals surface area contributed by atoms with Crippen LogP contribution in [-0.2, 0) is 13.1 Å². The Balaban J connectivity index is 1.93. The summed E-state index contributed by atoms with van der Waals surface area (Å²) in [6, 6.07) is 11.9. The average Bonchev–Trinajstić information content (AvgIpc) is 2.77. The van der Waals surface area contributed by atoms with Crippen LogP contribution in [0.15, 0.2) is 36.4 Å². The molecule has 0 fully saturated rings. The summed E-state index contributed by atoms with van der Waals surface area (Å²) in [4.78, 5) is 2.08. The molecule has 0 saturated carbocycles. The highest BCUT2D eigenvalue weighted by atomic mass is 16.5. The van der Waals surface area contributed by atoms with E-state index in [-0.39, 0.29) is 6.61 Å². The largest absolute Gasteiger partial charge is 0.497 e. The highest BCUT2D eigenvalue weighted by Crippen LogP contribution is 2.28. The molecule has 2 aromatic rings. The molecule has 1 atom stereocenters. The lowest BCUT2D eigenvalue weighted by Gasteiger charge is -2.24. The Morgan fingerprint density at radius 3 is 2.26 bits per heavy atom. The third-order valence-electron chi connectivity index (χ3n) is 5.17. The molecule has 0 bridgehead atoms. The van der Waals surface area contributed by atoms with Gasteiger partial charge in [0.25, 0.3) is 0 Å². The average molecular weight is 433 g/mol. The zero-order chi connectivity index (χ0) is 22.8. The molecule has 0 amide bonds. The van der Waals surface area contributed by atoms with Gasteiger partial charge in [0.15, 0.2) is 11.5 Å². The van der Waals surface area contributed by atoms with Crippen LogP contribution < -0.4 is 24.3 Å². The number of aliphatic hydroxyl groups is 1. The van der Waals surface area contributed by atoms with E-state index in [1.165, 1.54) is 0 Å². The molecule has 0 spiro atoms. The van der Waals surface area contributed by atoms with Crippen LogP contribution in [0, 0.1) is 0 Å². The zero-order valence-electron chi connectivity index (χ0n) is 19.5. The van der Waals surface area contributed by atoms with Crippen molar-refractivity contribution < 1.29 is 24.1 Å². The minimum absolute atomic E-state index is 0.209. The molecule has 0 aliphatic heterocycles. The van der Waals surface area contributed by atoms with E-state index in [9.17, 15) is 5.11 Å². The van der Waals surface area contributed by atoms with Crippen molar-refractivity contribution in [1.29, 1.82) is 0 Å². The van der Waals surface area contributed by atoms with E-state index in [0.29, 0.717) is 37.2 Å². The molecular formula is C24H36N2O5. The summed E-state index contributed by atoms with van der Waals surface area (Å²) < 4.78 is 22.0. The maximum Gasteiger partial charge on any atom is 0.161 e. The van der Waals surface area contributed by atoms with Crippen LogP contribution in [0.4, 0.5) is 0 Å². The summed E-state index contributed by atoms with van der Waals surface area (Å²) in [5.41, 5.74) is 2.08. The number of nitrogens with one attached hydrogen (secondary N) is 1. The van der Waals surface area contributed by atoms with E-state index in [1.807, 2.05) is 43.4 Å². The number of aliphatic hydroxyl groups excluding tert-OH is 1. The third-order valence-corrected chi connectivity index (χ3v) is 5.17. The Morgan fingerprint density at radius 2 is 1.61 bits per heavy atom. The fraction of sp³-hybridized carbons (Fsp3) is 0.500. The molecule has 2 N–H and O–H groups in total. The lowest BCUT2D eigenvalue weighted by molar-refractivity contribution is 0.0668. The summed E-state index contributed by atoms with van der Waals surface area (Å²) in [6.45, 7) is 6.23. The predicted octanol–water partition coefficient (Wildman–Crippen LogP) is 3.08. The van der Waals surface area contributed by atoms with E-state index in [4.69, 9.17) is 18.9 Å². The first-order chi connectivity index (χ1) is 14.9. The minimum Gasteiger partial charge on any atom is -0.497 e. The lowest BCUT2D eigenvalue weighted by Crippen LogP contribution is -2.36. The Morgan fingerprint density at radius 1 is 0.903 bits per heavy atom. The van der Waals surface area contributed by atoms with Crippen molar-refractivity contribution >= 4 is 0 Å². The molecule has 0 aliphatic carbocycles. The standard InChI is InChI=1S/C24H36N2O5/c1-17(2)26(3)15-20(27)16-31-23-9-7-18(11-24(23)30-6)13-25-14-19-12-21(28-4)8-10-22(19)29-5/h7-12,17,20,25,27H,13-16H2,1-6H3/t20-/m1/s1. The Bertz CT molecular complexity index is 813. The van der Waals surface area contributed by atoms with Crippen molar-refractivity contribution in [3.63, 3.8) is 0 Å². The van der Waals surface area contributed by atoms with Crippen LogP contribution in [0.1, 0.15) is 25.0 Å². The fourth-order valence-electron chi connectivity index (χ4n) is 3.08. The predicted molar refractivity (Wildman–Crippen MR) is 122 cm³/mol. The zero-order valence-corrected chi connectivity index (χ0v) is 19.5. The normalized spacial score (nSPS) is 12.2. The number of ether oxygens (including phenoxy) is 4. The van der Waals surface area contributed by atoms with Crippen LogP contribution in [-0.4, -0.2) is 63.7 Å². The van der Waals surface area contributed by atoms with Crippen molar-refractivity contribution in [2.75, 3.05) is 41.5 Å². The molecule has 7 nitrogen and oxygen atoms in total. The molecule has 0 aliphatic rings. The molecule has 172 valence electrons. The van der Waals surface area contributed by atoms with E-state index < -0.39 is 6.10 Å². The molecule has 7 heteroatoms. The van der Waals surface area contributed by atoms with Crippen LogP contribution in [0.25, 0.3) is 0 Å². The van der Waals surface area contributed by atoms with Gasteiger partial charge >= 0.3 is 0 Å². The number of hydrogen-bond donors (Lipinski definition) is 2. The van der Waals surface area contributed by atoms with Crippen molar-refractivity contribution in [1.82, 2.24) is 10.2 Å². The van der Waals surface area contributed by atoms with Gasteiger partial charge in [-0.1, -0.05) is 6.07 Å². The van der Waals surface area contributed by atoms with Gasteiger partial charge in [-0.2, -0.15) is 0 Å². The highest BCUT2D eigenvalue weighted by Gasteiger charge is 2.13. The van der Waals surface area contributed by atoms with Gasteiger partial charge in [0.2, 0.25) is 0 Å². The van der Waals surface area contributed by atoms with Crippen LogP contribution in [0.3, 0.4) is 0 Å². The number of nitrogens with zero attached hydrogens (tertiary/aromatic N) is 1. The van der Waals surface area contributed by atoms with Gasteiger partial charge in [-0.25, -0.2) is 0 Å². The van der Waals surface area contributed by atoms with Crippen molar-refractivity contribution in [2.24, 2.45) is 0 Å². The van der Waals surface area contributed by atoms with E-state index >= 15 is 0 Å². The van der Waals surface area contributed by atoms with Gasteiger partial charge in [0.1, 0.15) is 24.2 Å². The van der Waals surface area contributed by atoms with Crippen molar-refractivity contribution in [3.8, 4) is 23.0 Å². The first-order valence-electron chi connectivity index (χ1n) is 10.5. The maximum atomic E-state index is 10.2. The summed E-state index contributed by atoms with van der Waals surface area (Å²) in [7, 11) is 6.91. The monoisotopic (exact) mass is 432 g/mol. The van der Waals surface area contributed by atoms with Crippen molar-refractivity contribution in [2.45, 2.75) is 39.1 Å². The number of likely N-dealkylation sites (N-methyl/N-ethyl adjacent to an activating group) is 1. The first-order valence-corrected chi connectivity index (χ1v) is 10.5. The Hall–Kier alpha value is -2.48. The Labute approximate surface area is 185 Å². The Kier molecular flexibility index (Phi) is 9.91. The number of rotatable bonds is 13. The van der Waals surface area contributed by atoms with Gasteiger partial charge in [-0.15, -0.1) is 0 Å². The van der Waals surface area contributed by atoms with Crippen LogP contribution >= 0.6 is 0 Å². The maximum absolute atomic E-state index is 10.2. The topological polar surface area (TPSA) is 72.4 Å². The van der Waals surface area contributed by atoms with Gasteiger partial charge < -0.3 is 34.3 Å². The van der Waals surface area contributed by atoms with E-state index in [2.05, 4.69) is 24.1 Å². The molecule has 2 rings (SSSR count). The van der Waals surface area contributed by atoms with Gasteiger partial charge in [0, 0.05) is 31.2 Å². The second-order valence-corrected chi connectivity index (χ2v) is 7.76. The molecule has 31 heavy (non-hydrogen) atoms. The van der Waals surface area contributed by atoms with E-state index in [0.717, 1.165) is 22.6 Å². The number of hydrogen-bond acceptors (Lipinski definition) is 7. The summed E-state index contributed by atoms with van der Waals surface area (Å²) in [5, 5.41) is 13.6. The van der Waals surface area contributed by atoms with Crippen LogP contribution in [0.2, 0.25) is 0 Å². The lowest BCUT2D eigenvalue weighted by atomic mass is 10.1. The van der Waals surface area contributed by atoms with Gasteiger partial charge in [-0.05, 0) is 56.8 Å². The SMILES string of the molecule is COc1ccc(OC)c(CNCc2ccc(OC[C@H](O)CN(C)C(C)C)c(OC)c2)c1. The summed E-state index contributed by atoms with van der Waals surface area (Å²) in [5.74, 6) is 2.87. The smallest absolute Gasteiger partial charge is 0.161 e. The highest BCUT2D eigenvalue weighted by molar-refractivity contribution is 5.43. The molecule has 0 radical (unpaired) electrons. The number of methoxy groups -OCH3 is 3. The summed E-state index contributed by atoms with van der Waals surface area (Å²) >= 11 is 0. The molecular weight excluding hydrogens is 396 g/mol. The summed E-state index contributed by atoms with van der Waals surface area (Å²) in [6.07, 6.45) is -0.573. The molecule has 0 unspecified atom stereocenters. The van der Waals surface area contributed by atoms with E-state index in [1.54, 1.807) is 21.3 Å². The number of benzene rings is 2. The second-order valence-electron chi connectivity index (χ2n) is 7.76. The molecule has 0 aromatic heterocycles. The van der Waals surface area contributed by atoms with Crippen molar-refractivity contribution in [3.05, 3.63) is 47.5 Å². The first kappa shape index (κ1) is 24.8. The molecule has 2 aromatic carbocycles. The van der Waals surface area contributed by atoms with Crippen LogP contribution in [0.5, 0.6) is 23.0 Å². The molecule has 0 saturated heterocycles. The quantitative estimate of drug-likeness (QED) is 0.504. The minimum atomic E-state index is -0.573.